The number of aromatic amines is 1. The third-order valence-corrected chi connectivity index (χ3v) is 4.62. The minimum absolute atomic E-state index is 0.178. The molecule has 0 bridgehead atoms. The molecule has 144 valence electrons. The first-order valence-corrected chi connectivity index (χ1v) is 8.96. The second kappa shape index (κ2) is 8.74. The van der Waals surface area contributed by atoms with E-state index in [1.54, 1.807) is 6.92 Å². The van der Waals surface area contributed by atoms with Crippen LogP contribution in [-0.2, 0) is 24.2 Å². The predicted octanol–water partition coefficient (Wildman–Crippen LogP) is 1.64. The Balaban J connectivity index is 1.69. The van der Waals surface area contributed by atoms with Gasteiger partial charge < -0.3 is 10.1 Å². The number of benzene rings is 1. The minimum atomic E-state index is -0.566. The molecule has 0 aliphatic carbocycles. The molecule has 1 saturated heterocycles. The van der Waals surface area contributed by atoms with Gasteiger partial charge in [-0.2, -0.15) is 5.10 Å². The molecule has 0 saturated carbocycles. The molecule has 0 radical (unpaired) electrons. The number of carbonyl (C=O) groups excluding carboxylic acids is 1. The van der Waals surface area contributed by atoms with E-state index in [0.29, 0.717) is 12.1 Å². The molecule has 0 unspecified atom stereocenters. The maximum absolute atomic E-state index is 12.4. The fourth-order valence-electron chi connectivity index (χ4n) is 3.12. The summed E-state index contributed by atoms with van der Waals surface area (Å²) in [5.41, 5.74) is 2.01. The van der Waals surface area contributed by atoms with Gasteiger partial charge in [-0.3, -0.25) is 24.9 Å². The van der Waals surface area contributed by atoms with Crippen LogP contribution in [0.5, 0.6) is 0 Å². The van der Waals surface area contributed by atoms with Gasteiger partial charge in [0.2, 0.25) is 5.69 Å². The molecule has 0 atom stereocenters. The van der Waals surface area contributed by atoms with Crippen LogP contribution in [0.25, 0.3) is 0 Å². The van der Waals surface area contributed by atoms with Gasteiger partial charge in [-0.15, -0.1) is 0 Å². The summed E-state index contributed by atoms with van der Waals surface area (Å²) in [4.78, 5) is 25.5. The van der Waals surface area contributed by atoms with E-state index in [9.17, 15) is 14.9 Å². The van der Waals surface area contributed by atoms with E-state index in [1.165, 1.54) is 0 Å². The molecule has 1 amide bonds. The Bertz CT molecular complexity index is 814. The average Bonchev–Trinajstić information content (AvgIpc) is 3.12. The van der Waals surface area contributed by atoms with E-state index < -0.39 is 10.8 Å². The summed E-state index contributed by atoms with van der Waals surface area (Å²) >= 11 is 0. The van der Waals surface area contributed by atoms with E-state index in [2.05, 4.69) is 20.4 Å². The van der Waals surface area contributed by atoms with E-state index in [0.717, 1.165) is 44.0 Å². The molecular weight excluding hydrogens is 350 g/mol. The van der Waals surface area contributed by atoms with Crippen LogP contribution in [-0.4, -0.2) is 52.2 Å². The molecule has 1 aromatic carbocycles. The van der Waals surface area contributed by atoms with E-state index >= 15 is 0 Å². The van der Waals surface area contributed by atoms with Crippen LogP contribution in [0.4, 0.5) is 5.69 Å². The molecule has 3 rings (SSSR count). The van der Waals surface area contributed by atoms with Gasteiger partial charge in [0.15, 0.2) is 0 Å². The van der Waals surface area contributed by atoms with Crippen molar-refractivity contribution >= 4 is 11.6 Å². The van der Waals surface area contributed by atoms with Crippen molar-refractivity contribution in [2.24, 2.45) is 0 Å². The number of hydrogen-bond acceptors (Lipinski definition) is 6. The molecular formula is C18H23N5O4. The van der Waals surface area contributed by atoms with Gasteiger partial charge in [0, 0.05) is 26.2 Å². The molecule has 1 aromatic heterocycles. The first kappa shape index (κ1) is 19.0. The second-order valence-corrected chi connectivity index (χ2v) is 6.35. The molecule has 1 aliphatic rings. The fourth-order valence-corrected chi connectivity index (χ4v) is 3.12. The second-order valence-electron chi connectivity index (χ2n) is 6.35. The van der Waals surface area contributed by atoms with Gasteiger partial charge in [0.05, 0.1) is 18.1 Å². The molecule has 9 nitrogen and oxygen atoms in total. The van der Waals surface area contributed by atoms with Crippen LogP contribution in [0, 0.1) is 10.1 Å². The van der Waals surface area contributed by atoms with Gasteiger partial charge in [-0.25, -0.2) is 0 Å². The number of morpholine rings is 1. The monoisotopic (exact) mass is 373 g/mol. The highest BCUT2D eigenvalue weighted by Crippen LogP contribution is 2.21. The van der Waals surface area contributed by atoms with Crippen molar-refractivity contribution in [3.63, 3.8) is 0 Å². The standard InChI is InChI=1S/C18H23N5O4/c1-2-15-17(23(25)26)16(21-20-15)18(24)19-11-13-5-3-4-6-14(13)12-22-7-9-27-10-8-22/h3-6H,2,7-12H2,1H3,(H,19,24)(H,20,21). The summed E-state index contributed by atoms with van der Waals surface area (Å²) in [5.74, 6) is -0.557. The SMILES string of the molecule is CCc1[nH]nc(C(=O)NCc2ccccc2CN2CCOCC2)c1[N+](=O)[O-]. The van der Waals surface area contributed by atoms with E-state index in [4.69, 9.17) is 4.74 Å². The topological polar surface area (TPSA) is 113 Å². The van der Waals surface area contributed by atoms with E-state index in [-0.39, 0.29) is 17.9 Å². The number of nitrogens with one attached hydrogen (secondary N) is 2. The minimum Gasteiger partial charge on any atom is -0.379 e. The van der Waals surface area contributed by atoms with Crippen LogP contribution in [0.15, 0.2) is 24.3 Å². The average molecular weight is 373 g/mol. The smallest absolute Gasteiger partial charge is 0.322 e. The van der Waals surface area contributed by atoms with E-state index in [1.807, 2.05) is 24.3 Å². The summed E-state index contributed by atoms with van der Waals surface area (Å²) in [5, 5.41) is 20.4. The molecule has 2 N–H and O–H groups in total. The zero-order valence-electron chi connectivity index (χ0n) is 15.2. The van der Waals surface area contributed by atoms with Crippen molar-refractivity contribution in [1.82, 2.24) is 20.4 Å². The van der Waals surface area contributed by atoms with Crippen molar-refractivity contribution in [1.29, 1.82) is 0 Å². The van der Waals surface area contributed by atoms with Crippen molar-refractivity contribution in [2.45, 2.75) is 26.4 Å². The van der Waals surface area contributed by atoms with Crippen LogP contribution >= 0.6 is 0 Å². The number of nitro groups is 1. The Labute approximate surface area is 156 Å². The van der Waals surface area contributed by atoms with Gasteiger partial charge in [0.25, 0.3) is 5.91 Å². The lowest BCUT2D eigenvalue weighted by Gasteiger charge is -2.27. The Morgan fingerprint density at radius 3 is 2.70 bits per heavy atom. The van der Waals surface area contributed by atoms with Crippen LogP contribution in [0.3, 0.4) is 0 Å². The molecule has 27 heavy (non-hydrogen) atoms. The quantitative estimate of drug-likeness (QED) is 0.563. The highest BCUT2D eigenvalue weighted by atomic mass is 16.6. The number of hydrogen-bond donors (Lipinski definition) is 2. The number of aromatic nitrogens is 2. The third-order valence-electron chi connectivity index (χ3n) is 4.62. The number of aryl methyl sites for hydroxylation is 1. The summed E-state index contributed by atoms with van der Waals surface area (Å²) < 4.78 is 5.37. The predicted molar refractivity (Wildman–Crippen MR) is 98.3 cm³/mol. The van der Waals surface area contributed by atoms with Crippen LogP contribution in [0.2, 0.25) is 0 Å². The number of carbonyl (C=O) groups is 1. The Morgan fingerprint density at radius 1 is 1.33 bits per heavy atom. The lowest BCUT2D eigenvalue weighted by atomic mass is 10.1. The maximum Gasteiger partial charge on any atom is 0.322 e. The Morgan fingerprint density at radius 2 is 2.04 bits per heavy atom. The van der Waals surface area contributed by atoms with Crippen LogP contribution < -0.4 is 5.32 Å². The molecule has 2 aromatic rings. The van der Waals surface area contributed by atoms with Crippen LogP contribution in [0.1, 0.15) is 34.2 Å². The molecule has 1 fully saturated rings. The Kier molecular flexibility index (Phi) is 6.15. The summed E-state index contributed by atoms with van der Waals surface area (Å²) in [6, 6.07) is 7.86. The van der Waals surface area contributed by atoms with Crippen molar-refractivity contribution in [3.8, 4) is 0 Å². The largest absolute Gasteiger partial charge is 0.379 e. The fraction of sp³-hybridized carbons (Fsp3) is 0.444. The first-order chi connectivity index (χ1) is 13.1. The molecule has 0 spiro atoms. The maximum atomic E-state index is 12.4. The molecule has 1 aliphatic heterocycles. The van der Waals surface area contributed by atoms with Gasteiger partial charge in [-0.1, -0.05) is 31.2 Å². The summed E-state index contributed by atoms with van der Waals surface area (Å²) in [7, 11) is 0. The highest BCUT2D eigenvalue weighted by Gasteiger charge is 2.28. The lowest BCUT2D eigenvalue weighted by Crippen LogP contribution is -2.36. The number of rotatable bonds is 7. The van der Waals surface area contributed by atoms with Gasteiger partial charge in [-0.05, 0) is 17.5 Å². The summed E-state index contributed by atoms with van der Waals surface area (Å²) in [6.45, 7) is 6.02. The number of nitrogens with zero attached hydrogens (tertiary/aromatic N) is 3. The zero-order chi connectivity index (χ0) is 19.2. The van der Waals surface area contributed by atoms with Gasteiger partial charge >= 0.3 is 5.69 Å². The lowest BCUT2D eigenvalue weighted by molar-refractivity contribution is -0.385. The number of amides is 1. The normalized spacial score (nSPS) is 14.9. The van der Waals surface area contributed by atoms with Gasteiger partial charge in [0.1, 0.15) is 5.69 Å². The number of ether oxygens (including phenoxy) is 1. The molecule has 2 heterocycles. The first-order valence-electron chi connectivity index (χ1n) is 8.96. The van der Waals surface area contributed by atoms with Crippen molar-refractivity contribution in [2.75, 3.05) is 26.3 Å². The van der Waals surface area contributed by atoms with Crippen molar-refractivity contribution < 1.29 is 14.5 Å². The third kappa shape index (κ3) is 4.50. The zero-order valence-corrected chi connectivity index (χ0v) is 15.2. The Hall–Kier alpha value is -2.78. The van der Waals surface area contributed by atoms with Crippen molar-refractivity contribution in [3.05, 3.63) is 56.9 Å². The summed E-state index contributed by atoms with van der Waals surface area (Å²) in [6.07, 6.45) is 0.402. The molecule has 9 heteroatoms. The number of H-pyrrole nitrogens is 1. The highest BCUT2D eigenvalue weighted by molar-refractivity contribution is 5.96.